The summed E-state index contributed by atoms with van der Waals surface area (Å²) in [5, 5.41) is 11.3. The summed E-state index contributed by atoms with van der Waals surface area (Å²) in [5.74, 6) is -0.245. The maximum Gasteiger partial charge on any atom is 0.323 e. The molecular formula is C27H28N4O3. The minimum absolute atomic E-state index is 0.0183. The van der Waals surface area contributed by atoms with Gasteiger partial charge in [0.2, 0.25) is 5.91 Å². The molecule has 1 aliphatic rings. The van der Waals surface area contributed by atoms with Gasteiger partial charge in [-0.3, -0.25) is 9.59 Å². The normalized spacial score (nSPS) is 13.5. The number of urea groups is 1. The summed E-state index contributed by atoms with van der Waals surface area (Å²) >= 11 is 0. The third-order valence-corrected chi connectivity index (χ3v) is 5.78. The minimum Gasteiger partial charge on any atom is -0.326 e. The van der Waals surface area contributed by atoms with Gasteiger partial charge in [0.1, 0.15) is 0 Å². The van der Waals surface area contributed by atoms with E-state index in [9.17, 15) is 14.4 Å². The Bertz CT molecular complexity index is 1160. The topological polar surface area (TPSA) is 99.3 Å². The summed E-state index contributed by atoms with van der Waals surface area (Å²) in [6.45, 7) is 0. The van der Waals surface area contributed by atoms with E-state index in [1.165, 1.54) is 6.42 Å². The first-order valence-corrected chi connectivity index (χ1v) is 11.5. The molecular weight excluding hydrogens is 428 g/mol. The van der Waals surface area contributed by atoms with Crippen LogP contribution in [-0.2, 0) is 4.79 Å². The van der Waals surface area contributed by atoms with E-state index in [2.05, 4.69) is 21.3 Å². The van der Waals surface area contributed by atoms with Gasteiger partial charge in [0.05, 0.1) is 0 Å². The number of carbonyl (C=O) groups is 3. The average molecular weight is 457 g/mol. The van der Waals surface area contributed by atoms with Gasteiger partial charge < -0.3 is 21.3 Å². The van der Waals surface area contributed by atoms with Gasteiger partial charge in [0.25, 0.3) is 5.91 Å². The highest BCUT2D eigenvalue weighted by Gasteiger charge is 2.21. The molecule has 1 fully saturated rings. The molecule has 7 nitrogen and oxygen atoms in total. The molecule has 1 aliphatic carbocycles. The molecule has 4 rings (SSSR count). The van der Waals surface area contributed by atoms with Gasteiger partial charge in [0.15, 0.2) is 0 Å². The lowest BCUT2D eigenvalue weighted by molar-refractivity contribution is -0.120. The highest BCUT2D eigenvalue weighted by molar-refractivity contribution is 6.06. The summed E-state index contributed by atoms with van der Waals surface area (Å²) in [6.07, 6.45) is 5.19. The average Bonchev–Trinajstić information content (AvgIpc) is 2.85. The number of anilines is 4. The molecule has 7 heteroatoms. The number of rotatable bonds is 6. The van der Waals surface area contributed by atoms with E-state index in [-0.39, 0.29) is 23.8 Å². The third-order valence-electron chi connectivity index (χ3n) is 5.78. The van der Waals surface area contributed by atoms with E-state index in [1.54, 1.807) is 60.7 Å². The first-order valence-electron chi connectivity index (χ1n) is 11.5. The molecule has 4 N–H and O–H groups in total. The minimum atomic E-state index is -0.379. The summed E-state index contributed by atoms with van der Waals surface area (Å²) in [7, 11) is 0. The summed E-state index contributed by atoms with van der Waals surface area (Å²) in [5.41, 5.74) is 2.80. The number of amides is 4. The van der Waals surface area contributed by atoms with Crippen molar-refractivity contribution in [2.45, 2.75) is 32.1 Å². The molecule has 0 saturated heterocycles. The van der Waals surface area contributed by atoms with Crippen molar-refractivity contribution in [1.82, 2.24) is 0 Å². The highest BCUT2D eigenvalue weighted by Crippen LogP contribution is 2.25. The van der Waals surface area contributed by atoms with Gasteiger partial charge in [-0.2, -0.15) is 0 Å². The van der Waals surface area contributed by atoms with E-state index < -0.39 is 0 Å². The largest absolute Gasteiger partial charge is 0.326 e. The van der Waals surface area contributed by atoms with E-state index in [1.807, 2.05) is 18.2 Å². The van der Waals surface area contributed by atoms with Gasteiger partial charge in [-0.25, -0.2) is 4.79 Å². The molecule has 0 heterocycles. The number of nitrogens with one attached hydrogen (secondary N) is 4. The number of carbonyl (C=O) groups excluding carboxylic acids is 3. The maximum atomic E-state index is 12.8. The fourth-order valence-electron chi connectivity index (χ4n) is 4.04. The molecule has 4 amide bonds. The molecule has 0 radical (unpaired) electrons. The van der Waals surface area contributed by atoms with Gasteiger partial charge in [-0.1, -0.05) is 49.6 Å². The molecule has 0 unspecified atom stereocenters. The molecule has 34 heavy (non-hydrogen) atoms. The monoisotopic (exact) mass is 456 g/mol. The van der Waals surface area contributed by atoms with Gasteiger partial charge in [-0.15, -0.1) is 0 Å². The Kier molecular flexibility index (Phi) is 7.55. The van der Waals surface area contributed by atoms with Crippen LogP contribution < -0.4 is 21.3 Å². The van der Waals surface area contributed by atoms with Crippen LogP contribution in [0.25, 0.3) is 0 Å². The van der Waals surface area contributed by atoms with Crippen molar-refractivity contribution in [3.63, 3.8) is 0 Å². The molecule has 3 aromatic rings. The van der Waals surface area contributed by atoms with E-state index in [0.717, 1.165) is 25.7 Å². The smallest absolute Gasteiger partial charge is 0.323 e. The van der Waals surface area contributed by atoms with Crippen LogP contribution in [0.15, 0.2) is 78.9 Å². The van der Waals surface area contributed by atoms with Crippen LogP contribution in [0, 0.1) is 5.92 Å². The Morgan fingerprint density at radius 3 is 1.91 bits per heavy atom. The second-order valence-corrected chi connectivity index (χ2v) is 8.39. The number of hydrogen-bond acceptors (Lipinski definition) is 3. The number of para-hydroxylation sites is 1. The van der Waals surface area contributed by atoms with Gasteiger partial charge in [-0.05, 0) is 61.4 Å². The van der Waals surface area contributed by atoms with Crippen molar-refractivity contribution in [2.75, 3.05) is 21.3 Å². The molecule has 3 aromatic carbocycles. The maximum absolute atomic E-state index is 12.8. The van der Waals surface area contributed by atoms with Crippen LogP contribution in [0.3, 0.4) is 0 Å². The molecule has 174 valence electrons. The van der Waals surface area contributed by atoms with E-state index >= 15 is 0 Å². The molecule has 0 aliphatic heterocycles. The third kappa shape index (κ3) is 6.45. The lowest BCUT2D eigenvalue weighted by atomic mass is 9.88. The first-order chi connectivity index (χ1) is 16.6. The molecule has 0 atom stereocenters. The van der Waals surface area contributed by atoms with Crippen molar-refractivity contribution >= 4 is 40.6 Å². The first kappa shape index (κ1) is 23.0. The van der Waals surface area contributed by atoms with Crippen LogP contribution in [0.5, 0.6) is 0 Å². The Balaban J connectivity index is 1.35. The SMILES string of the molecule is O=C(Nc1ccccc1)Nc1cccc(NC(=O)c2cccc(NC(=O)C3CCCCC3)c2)c1. The Labute approximate surface area is 199 Å². The Morgan fingerprint density at radius 1 is 0.588 bits per heavy atom. The molecule has 0 spiro atoms. The van der Waals surface area contributed by atoms with Crippen molar-refractivity contribution in [1.29, 1.82) is 0 Å². The lowest BCUT2D eigenvalue weighted by Crippen LogP contribution is -2.24. The fraction of sp³-hybridized carbons (Fsp3) is 0.222. The standard InChI is InChI=1S/C27H28N4O3/c32-25(19-9-3-1-4-10-19)28-22-14-7-11-20(17-22)26(33)29-23-15-8-16-24(18-23)31-27(34)30-21-12-5-2-6-13-21/h2,5-8,11-19H,1,3-4,9-10H2,(H,28,32)(H,29,33)(H2,30,31,34). The quantitative estimate of drug-likeness (QED) is 0.360. The molecule has 0 bridgehead atoms. The summed E-state index contributed by atoms with van der Waals surface area (Å²) in [6, 6.07) is 22.6. The van der Waals surface area contributed by atoms with E-state index in [4.69, 9.17) is 0 Å². The Morgan fingerprint density at radius 2 is 1.18 bits per heavy atom. The zero-order valence-corrected chi connectivity index (χ0v) is 18.8. The van der Waals surface area contributed by atoms with Crippen LogP contribution in [0.2, 0.25) is 0 Å². The number of hydrogen-bond donors (Lipinski definition) is 4. The molecule has 0 aromatic heterocycles. The summed E-state index contributed by atoms with van der Waals surface area (Å²) < 4.78 is 0. The second kappa shape index (κ2) is 11.1. The Hall–Kier alpha value is -4.13. The highest BCUT2D eigenvalue weighted by atomic mass is 16.2. The van der Waals surface area contributed by atoms with Crippen LogP contribution in [-0.4, -0.2) is 17.8 Å². The van der Waals surface area contributed by atoms with Crippen molar-refractivity contribution in [3.8, 4) is 0 Å². The summed E-state index contributed by atoms with van der Waals surface area (Å²) in [4.78, 5) is 37.6. The van der Waals surface area contributed by atoms with Crippen molar-refractivity contribution in [2.24, 2.45) is 5.92 Å². The fourth-order valence-corrected chi connectivity index (χ4v) is 4.04. The van der Waals surface area contributed by atoms with Crippen LogP contribution >= 0.6 is 0 Å². The number of benzene rings is 3. The lowest BCUT2D eigenvalue weighted by Gasteiger charge is -2.20. The zero-order chi connectivity index (χ0) is 23.8. The van der Waals surface area contributed by atoms with Crippen LogP contribution in [0.4, 0.5) is 27.5 Å². The van der Waals surface area contributed by atoms with Gasteiger partial charge in [0, 0.05) is 34.2 Å². The van der Waals surface area contributed by atoms with Crippen molar-refractivity contribution < 1.29 is 14.4 Å². The van der Waals surface area contributed by atoms with Crippen LogP contribution in [0.1, 0.15) is 42.5 Å². The predicted octanol–water partition coefficient (Wildman–Crippen LogP) is 6.10. The van der Waals surface area contributed by atoms with Crippen molar-refractivity contribution in [3.05, 3.63) is 84.4 Å². The molecule has 1 saturated carbocycles. The predicted molar refractivity (Wildman–Crippen MR) is 135 cm³/mol. The second-order valence-electron chi connectivity index (χ2n) is 8.39. The van der Waals surface area contributed by atoms with Gasteiger partial charge >= 0.3 is 6.03 Å². The van der Waals surface area contributed by atoms with E-state index in [0.29, 0.717) is 28.3 Å². The zero-order valence-electron chi connectivity index (χ0n) is 18.8.